The molecule has 0 aliphatic carbocycles. The molecule has 1 aromatic rings. The molecule has 20 heavy (non-hydrogen) atoms. The predicted molar refractivity (Wildman–Crippen MR) is 81.5 cm³/mol. The van der Waals surface area contributed by atoms with Crippen LogP contribution in [0.1, 0.15) is 38.0 Å². The first-order chi connectivity index (χ1) is 9.49. The first-order valence-corrected chi connectivity index (χ1v) is 7.21. The van der Waals surface area contributed by atoms with E-state index in [0.717, 1.165) is 12.0 Å². The Balaban J connectivity index is 2.32. The molecule has 1 rings (SSSR count). The molecule has 1 aromatic carbocycles. The van der Waals surface area contributed by atoms with Gasteiger partial charge in [-0.2, -0.15) is 0 Å². The third-order valence-electron chi connectivity index (χ3n) is 3.02. The second kappa shape index (κ2) is 8.72. The molecule has 0 aliphatic rings. The van der Waals surface area contributed by atoms with Crippen molar-refractivity contribution >= 4 is 5.91 Å². The molecule has 1 atom stereocenters. The fraction of sp³-hybridized carbons (Fsp3) is 0.562. The van der Waals surface area contributed by atoms with Crippen molar-refractivity contribution in [2.45, 2.75) is 33.3 Å². The Morgan fingerprint density at radius 2 is 1.85 bits per heavy atom. The maximum atomic E-state index is 10.7. The number of benzene rings is 1. The summed E-state index contributed by atoms with van der Waals surface area (Å²) in [6, 6.07) is 8.13. The smallest absolute Gasteiger partial charge is 0.216 e. The summed E-state index contributed by atoms with van der Waals surface area (Å²) in [6.45, 7) is 7.61. The van der Waals surface area contributed by atoms with Gasteiger partial charge in [0.2, 0.25) is 5.91 Å². The molecule has 0 aliphatic heterocycles. The molecule has 1 amide bonds. The van der Waals surface area contributed by atoms with Crippen molar-refractivity contribution in [2.75, 3.05) is 19.6 Å². The molecule has 0 saturated heterocycles. The summed E-state index contributed by atoms with van der Waals surface area (Å²) in [6.07, 6.45) is 0.547. The van der Waals surface area contributed by atoms with E-state index < -0.39 is 6.10 Å². The van der Waals surface area contributed by atoms with E-state index in [1.165, 1.54) is 12.5 Å². The van der Waals surface area contributed by atoms with Gasteiger partial charge in [0.25, 0.3) is 0 Å². The van der Waals surface area contributed by atoms with Crippen LogP contribution in [-0.2, 0) is 11.2 Å². The fourth-order valence-corrected chi connectivity index (χ4v) is 2.03. The van der Waals surface area contributed by atoms with Gasteiger partial charge >= 0.3 is 0 Å². The minimum atomic E-state index is -0.513. The lowest BCUT2D eigenvalue weighted by Crippen LogP contribution is -2.32. The van der Waals surface area contributed by atoms with Crippen LogP contribution >= 0.6 is 0 Å². The van der Waals surface area contributed by atoms with Gasteiger partial charge in [0, 0.05) is 26.6 Å². The van der Waals surface area contributed by atoms with Crippen LogP contribution in [0.5, 0.6) is 0 Å². The summed E-state index contributed by atoms with van der Waals surface area (Å²) in [5.74, 6) is 0.606. The molecule has 112 valence electrons. The molecule has 0 fully saturated rings. The highest BCUT2D eigenvalue weighted by Crippen LogP contribution is 2.15. The van der Waals surface area contributed by atoms with Gasteiger partial charge < -0.3 is 15.7 Å². The second-order valence-electron chi connectivity index (χ2n) is 5.54. The van der Waals surface area contributed by atoms with Gasteiger partial charge in [0.1, 0.15) is 0 Å². The fourth-order valence-electron chi connectivity index (χ4n) is 2.03. The van der Waals surface area contributed by atoms with E-state index in [1.54, 1.807) is 0 Å². The monoisotopic (exact) mass is 278 g/mol. The number of carbonyl (C=O) groups is 1. The van der Waals surface area contributed by atoms with E-state index in [1.807, 2.05) is 12.1 Å². The van der Waals surface area contributed by atoms with Crippen molar-refractivity contribution in [1.82, 2.24) is 10.6 Å². The average molecular weight is 278 g/mol. The molecule has 1 unspecified atom stereocenters. The number of rotatable bonds is 8. The molecule has 0 aromatic heterocycles. The molecule has 4 heteroatoms. The van der Waals surface area contributed by atoms with Gasteiger partial charge in [0.15, 0.2) is 0 Å². The molecular formula is C16H26N2O2. The summed E-state index contributed by atoms with van der Waals surface area (Å²) in [4.78, 5) is 10.7. The summed E-state index contributed by atoms with van der Waals surface area (Å²) in [7, 11) is 0. The van der Waals surface area contributed by atoms with Gasteiger partial charge in [0.05, 0.1) is 6.10 Å². The molecule has 0 heterocycles. The minimum Gasteiger partial charge on any atom is -0.387 e. The van der Waals surface area contributed by atoms with Gasteiger partial charge in [-0.15, -0.1) is 0 Å². The quantitative estimate of drug-likeness (QED) is 0.634. The highest BCUT2D eigenvalue weighted by atomic mass is 16.3. The molecule has 0 saturated carbocycles. The second-order valence-corrected chi connectivity index (χ2v) is 5.54. The minimum absolute atomic E-state index is 0.0342. The van der Waals surface area contributed by atoms with E-state index in [0.29, 0.717) is 25.6 Å². The maximum absolute atomic E-state index is 10.7. The van der Waals surface area contributed by atoms with E-state index in [2.05, 4.69) is 36.6 Å². The van der Waals surface area contributed by atoms with Crippen LogP contribution in [0.15, 0.2) is 24.3 Å². The lowest BCUT2D eigenvalue weighted by atomic mass is 10.0. The van der Waals surface area contributed by atoms with Crippen molar-refractivity contribution in [2.24, 2.45) is 5.92 Å². The highest BCUT2D eigenvalue weighted by molar-refractivity contribution is 5.72. The normalized spacial score (nSPS) is 12.4. The Labute approximate surface area is 121 Å². The van der Waals surface area contributed by atoms with Crippen molar-refractivity contribution in [3.05, 3.63) is 35.4 Å². The molecule has 0 spiro atoms. The Bertz CT molecular complexity index is 401. The zero-order valence-electron chi connectivity index (χ0n) is 12.6. The van der Waals surface area contributed by atoms with Crippen LogP contribution in [0.25, 0.3) is 0 Å². The Morgan fingerprint density at radius 3 is 2.40 bits per heavy atom. The number of amides is 1. The van der Waals surface area contributed by atoms with E-state index in [9.17, 15) is 9.90 Å². The summed E-state index contributed by atoms with van der Waals surface area (Å²) >= 11 is 0. The largest absolute Gasteiger partial charge is 0.387 e. The Kier molecular flexibility index (Phi) is 7.26. The molecular weight excluding hydrogens is 252 g/mol. The Hall–Kier alpha value is -1.39. The van der Waals surface area contributed by atoms with Crippen LogP contribution in [-0.4, -0.2) is 30.6 Å². The van der Waals surface area contributed by atoms with Crippen LogP contribution in [0.3, 0.4) is 0 Å². The number of nitrogens with one attached hydrogen (secondary N) is 2. The topological polar surface area (TPSA) is 61.4 Å². The van der Waals surface area contributed by atoms with Crippen LogP contribution in [0.4, 0.5) is 0 Å². The molecule has 0 radical (unpaired) electrons. The van der Waals surface area contributed by atoms with Crippen LogP contribution < -0.4 is 10.6 Å². The van der Waals surface area contributed by atoms with E-state index >= 15 is 0 Å². The third-order valence-corrected chi connectivity index (χ3v) is 3.02. The maximum Gasteiger partial charge on any atom is 0.216 e. The van der Waals surface area contributed by atoms with Crippen molar-refractivity contribution in [1.29, 1.82) is 0 Å². The Morgan fingerprint density at radius 1 is 1.20 bits per heavy atom. The van der Waals surface area contributed by atoms with Gasteiger partial charge in [-0.05, 0) is 23.5 Å². The van der Waals surface area contributed by atoms with Crippen molar-refractivity contribution in [3.8, 4) is 0 Å². The van der Waals surface area contributed by atoms with Crippen molar-refractivity contribution < 1.29 is 9.90 Å². The first-order valence-electron chi connectivity index (χ1n) is 7.21. The highest BCUT2D eigenvalue weighted by Gasteiger charge is 2.07. The number of aliphatic hydroxyl groups is 1. The van der Waals surface area contributed by atoms with Crippen molar-refractivity contribution in [3.63, 3.8) is 0 Å². The standard InChI is InChI=1S/C16H26N2O2/c1-12(2)10-14-4-6-15(7-5-14)16(20)11-17-8-9-18-13(3)19/h4-7,12,16-17,20H,8-11H2,1-3H3,(H,18,19). The van der Waals surface area contributed by atoms with Gasteiger partial charge in [-0.1, -0.05) is 38.1 Å². The number of hydrogen-bond acceptors (Lipinski definition) is 3. The predicted octanol–water partition coefficient (Wildman–Crippen LogP) is 1.64. The lowest BCUT2D eigenvalue weighted by molar-refractivity contribution is -0.118. The SMILES string of the molecule is CC(=O)NCCNCC(O)c1ccc(CC(C)C)cc1. The first kappa shape index (κ1) is 16.7. The number of hydrogen-bond donors (Lipinski definition) is 3. The third kappa shape index (κ3) is 6.68. The summed E-state index contributed by atoms with van der Waals surface area (Å²) in [5, 5.41) is 15.9. The van der Waals surface area contributed by atoms with Gasteiger partial charge in [-0.3, -0.25) is 4.79 Å². The molecule has 3 N–H and O–H groups in total. The zero-order chi connectivity index (χ0) is 15.0. The van der Waals surface area contributed by atoms with E-state index in [-0.39, 0.29) is 5.91 Å². The molecule has 0 bridgehead atoms. The summed E-state index contributed by atoms with van der Waals surface area (Å²) in [5.41, 5.74) is 2.22. The van der Waals surface area contributed by atoms with E-state index in [4.69, 9.17) is 0 Å². The molecule has 4 nitrogen and oxygen atoms in total. The van der Waals surface area contributed by atoms with Crippen LogP contribution in [0, 0.1) is 5.92 Å². The van der Waals surface area contributed by atoms with Crippen LogP contribution in [0.2, 0.25) is 0 Å². The van der Waals surface area contributed by atoms with Gasteiger partial charge in [-0.25, -0.2) is 0 Å². The summed E-state index contributed by atoms with van der Waals surface area (Å²) < 4.78 is 0. The average Bonchev–Trinajstić information content (AvgIpc) is 2.38. The number of carbonyl (C=O) groups excluding carboxylic acids is 1. The zero-order valence-corrected chi connectivity index (χ0v) is 12.6. The lowest BCUT2D eigenvalue weighted by Gasteiger charge is -2.13. The number of aliphatic hydroxyl groups excluding tert-OH is 1.